The molecular formula is C22H21N5O2. The van der Waals surface area contributed by atoms with Crippen LogP contribution in [0.5, 0.6) is 11.5 Å². The fraction of sp³-hybridized carbons (Fsp3) is 0.227. The van der Waals surface area contributed by atoms with Crippen molar-refractivity contribution in [1.82, 2.24) is 19.6 Å². The highest BCUT2D eigenvalue weighted by atomic mass is 16.5. The van der Waals surface area contributed by atoms with Crippen molar-refractivity contribution in [2.45, 2.75) is 6.54 Å². The lowest BCUT2D eigenvalue weighted by Crippen LogP contribution is -2.49. The maximum absolute atomic E-state index is 12.5. The fourth-order valence-corrected chi connectivity index (χ4v) is 3.32. The van der Waals surface area contributed by atoms with Gasteiger partial charge in [0.05, 0.1) is 18.0 Å². The van der Waals surface area contributed by atoms with E-state index >= 15 is 0 Å². The van der Waals surface area contributed by atoms with Crippen molar-refractivity contribution >= 4 is 6.03 Å². The van der Waals surface area contributed by atoms with Gasteiger partial charge in [-0.15, -0.1) is 0 Å². The molecule has 1 fully saturated rings. The number of nitriles is 1. The number of carbonyl (C=O) groups is 1. The highest BCUT2D eigenvalue weighted by Gasteiger charge is 2.23. The van der Waals surface area contributed by atoms with Gasteiger partial charge in [0.2, 0.25) is 0 Å². The first-order chi connectivity index (χ1) is 14.2. The van der Waals surface area contributed by atoms with E-state index in [1.165, 1.54) is 22.6 Å². The van der Waals surface area contributed by atoms with Gasteiger partial charge in [0.1, 0.15) is 17.6 Å². The van der Waals surface area contributed by atoms with Crippen LogP contribution in [0, 0.1) is 11.3 Å². The Balaban J connectivity index is 1.32. The highest BCUT2D eigenvalue weighted by molar-refractivity contribution is 5.76. The van der Waals surface area contributed by atoms with Crippen LogP contribution in [0.4, 0.5) is 4.79 Å². The minimum Gasteiger partial charge on any atom is -0.457 e. The van der Waals surface area contributed by atoms with Gasteiger partial charge in [0.25, 0.3) is 0 Å². The summed E-state index contributed by atoms with van der Waals surface area (Å²) in [5.74, 6) is 1.63. The molecular weight excluding hydrogens is 366 g/mol. The summed E-state index contributed by atoms with van der Waals surface area (Å²) in [5.41, 5.74) is 1.55. The molecule has 0 aliphatic carbocycles. The van der Waals surface area contributed by atoms with E-state index in [9.17, 15) is 4.79 Å². The van der Waals surface area contributed by atoms with E-state index in [0.717, 1.165) is 31.1 Å². The second kappa shape index (κ2) is 8.59. The third kappa shape index (κ3) is 4.62. The van der Waals surface area contributed by atoms with Crippen LogP contribution < -0.4 is 4.74 Å². The molecule has 0 radical (unpaired) electrons. The van der Waals surface area contributed by atoms with Gasteiger partial charge in [-0.2, -0.15) is 15.0 Å². The molecule has 3 aromatic rings. The summed E-state index contributed by atoms with van der Waals surface area (Å²) in [4.78, 5) is 16.6. The molecule has 1 saturated heterocycles. The predicted octanol–water partition coefficient (Wildman–Crippen LogP) is 3.33. The molecule has 0 unspecified atom stereocenters. The summed E-state index contributed by atoms with van der Waals surface area (Å²) < 4.78 is 7.15. The summed E-state index contributed by atoms with van der Waals surface area (Å²) in [5, 5.41) is 12.8. The number of amides is 1. The predicted molar refractivity (Wildman–Crippen MR) is 108 cm³/mol. The van der Waals surface area contributed by atoms with Crippen LogP contribution >= 0.6 is 0 Å². The van der Waals surface area contributed by atoms with Crippen molar-refractivity contribution in [2.24, 2.45) is 0 Å². The van der Waals surface area contributed by atoms with E-state index in [1.807, 2.05) is 48.5 Å². The zero-order valence-electron chi connectivity index (χ0n) is 15.9. The normalized spacial score (nSPS) is 14.4. The molecule has 1 aliphatic heterocycles. The maximum Gasteiger partial charge on any atom is 0.344 e. The van der Waals surface area contributed by atoms with Crippen molar-refractivity contribution < 1.29 is 9.53 Å². The van der Waals surface area contributed by atoms with Gasteiger partial charge < -0.3 is 9.64 Å². The van der Waals surface area contributed by atoms with Gasteiger partial charge in [-0.05, 0) is 29.8 Å². The van der Waals surface area contributed by atoms with E-state index in [2.05, 4.69) is 22.1 Å². The quantitative estimate of drug-likeness (QED) is 0.686. The lowest BCUT2D eigenvalue weighted by Gasteiger charge is -2.34. The summed E-state index contributed by atoms with van der Waals surface area (Å²) >= 11 is 0. The molecule has 1 aliphatic rings. The molecule has 2 heterocycles. The topological polar surface area (TPSA) is 74.4 Å². The van der Waals surface area contributed by atoms with Crippen LogP contribution in [0.1, 0.15) is 11.1 Å². The highest BCUT2D eigenvalue weighted by Crippen LogP contribution is 2.22. The Morgan fingerprint density at radius 1 is 1.03 bits per heavy atom. The number of ether oxygens (including phenoxy) is 1. The smallest absolute Gasteiger partial charge is 0.344 e. The number of aromatic nitrogens is 2. The Morgan fingerprint density at radius 2 is 1.79 bits per heavy atom. The largest absolute Gasteiger partial charge is 0.457 e. The van der Waals surface area contributed by atoms with E-state index < -0.39 is 0 Å². The zero-order chi connectivity index (χ0) is 20.1. The minimum absolute atomic E-state index is 0.190. The van der Waals surface area contributed by atoms with Crippen molar-refractivity contribution in [3.63, 3.8) is 0 Å². The summed E-state index contributed by atoms with van der Waals surface area (Å²) in [7, 11) is 0. The number of hydrogen-bond acceptors (Lipinski definition) is 5. The van der Waals surface area contributed by atoms with Gasteiger partial charge in [0, 0.05) is 32.7 Å². The first-order valence-corrected chi connectivity index (χ1v) is 9.49. The zero-order valence-corrected chi connectivity index (χ0v) is 15.9. The van der Waals surface area contributed by atoms with E-state index in [1.54, 1.807) is 4.90 Å². The Bertz CT molecular complexity index is 1020. The molecule has 0 saturated carbocycles. The van der Waals surface area contributed by atoms with Gasteiger partial charge in [0.15, 0.2) is 0 Å². The molecule has 1 aromatic heterocycles. The molecule has 1 amide bonds. The number of rotatable bonds is 4. The first kappa shape index (κ1) is 18.7. The molecule has 29 heavy (non-hydrogen) atoms. The Kier molecular flexibility index (Phi) is 5.54. The average molecular weight is 387 g/mol. The lowest BCUT2D eigenvalue weighted by molar-refractivity contribution is 0.134. The standard InChI is InChI=1S/C22H21N5O2/c23-14-19-15-24-27(17-19)22(28)26-11-9-25(10-12-26)16-18-5-4-8-21(13-18)29-20-6-2-1-3-7-20/h1-8,13,15,17H,9-12,16H2. The molecule has 0 atom stereocenters. The summed E-state index contributed by atoms with van der Waals surface area (Å²) in [6, 6.07) is 19.6. The molecule has 7 nitrogen and oxygen atoms in total. The van der Waals surface area contributed by atoms with Gasteiger partial charge in [-0.1, -0.05) is 30.3 Å². The maximum atomic E-state index is 12.5. The Hall–Kier alpha value is -3.63. The van der Waals surface area contributed by atoms with Crippen LogP contribution in [0.3, 0.4) is 0 Å². The number of nitrogens with zero attached hydrogens (tertiary/aromatic N) is 5. The summed E-state index contributed by atoms with van der Waals surface area (Å²) in [6.07, 6.45) is 2.87. The fourth-order valence-electron chi connectivity index (χ4n) is 3.32. The monoisotopic (exact) mass is 387 g/mol. The first-order valence-electron chi connectivity index (χ1n) is 9.49. The molecule has 0 N–H and O–H groups in total. The molecule has 4 rings (SSSR count). The van der Waals surface area contributed by atoms with Crippen LogP contribution in [0.2, 0.25) is 0 Å². The molecule has 146 valence electrons. The number of piperazine rings is 1. The van der Waals surface area contributed by atoms with Crippen LogP contribution in [0.25, 0.3) is 0 Å². The van der Waals surface area contributed by atoms with Gasteiger partial charge in [-0.25, -0.2) is 4.79 Å². The van der Waals surface area contributed by atoms with E-state index in [0.29, 0.717) is 18.7 Å². The van der Waals surface area contributed by atoms with Crippen molar-refractivity contribution in [3.8, 4) is 17.6 Å². The van der Waals surface area contributed by atoms with Crippen molar-refractivity contribution in [2.75, 3.05) is 26.2 Å². The second-order valence-corrected chi connectivity index (χ2v) is 6.89. The SMILES string of the molecule is N#Cc1cnn(C(=O)N2CCN(Cc3cccc(Oc4ccccc4)c3)CC2)c1. The van der Waals surface area contributed by atoms with Crippen LogP contribution in [0.15, 0.2) is 67.0 Å². The van der Waals surface area contributed by atoms with Crippen molar-refractivity contribution in [3.05, 3.63) is 78.1 Å². The number of carbonyl (C=O) groups excluding carboxylic acids is 1. The number of para-hydroxylation sites is 1. The molecule has 7 heteroatoms. The summed E-state index contributed by atoms with van der Waals surface area (Å²) in [6.45, 7) is 3.61. The van der Waals surface area contributed by atoms with Crippen molar-refractivity contribution in [1.29, 1.82) is 5.26 Å². The molecule has 0 bridgehead atoms. The van der Waals surface area contributed by atoms with Crippen LogP contribution in [-0.4, -0.2) is 51.8 Å². The van der Waals surface area contributed by atoms with E-state index in [-0.39, 0.29) is 6.03 Å². The Morgan fingerprint density at radius 3 is 2.52 bits per heavy atom. The van der Waals surface area contributed by atoms with Crippen LogP contribution in [-0.2, 0) is 6.54 Å². The Labute approximate surface area is 169 Å². The van der Waals surface area contributed by atoms with Gasteiger partial charge >= 0.3 is 6.03 Å². The molecule has 2 aromatic carbocycles. The lowest BCUT2D eigenvalue weighted by atomic mass is 10.2. The average Bonchev–Trinajstić information content (AvgIpc) is 3.24. The molecule has 0 spiro atoms. The minimum atomic E-state index is -0.190. The van der Waals surface area contributed by atoms with E-state index in [4.69, 9.17) is 10.00 Å². The third-order valence-electron chi connectivity index (χ3n) is 4.83. The number of hydrogen-bond donors (Lipinski definition) is 0. The second-order valence-electron chi connectivity index (χ2n) is 6.89. The van der Waals surface area contributed by atoms with Gasteiger partial charge in [-0.3, -0.25) is 4.90 Å². The number of benzene rings is 2. The third-order valence-corrected chi connectivity index (χ3v) is 4.83.